The molecule has 6 nitrogen and oxygen atoms in total. The number of nitrogens with zero attached hydrogens (tertiary/aromatic N) is 4. The lowest BCUT2D eigenvalue weighted by atomic mass is 9.89. The predicted octanol–water partition coefficient (Wildman–Crippen LogP) is 2.67. The number of imidazole rings is 1. The Morgan fingerprint density at radius 2 is 2.10 bits per heavy atom. The van der Waals surface area contributed by atoms with Gasteiger partial charge in [0.2, 0.25) is 11.9 Å². The molecule has 0 spiro atoms. The highest BCUT2D eigenvalue weighted by molar-refractivity contribution is 5.88. The van der Waals surface area contributed by atoms with Crippen LogP contribution in [0.25, 0.3) is 11.3 Å². The number of aryl methyl sites for hydroxylation is 1. The molecule has 0 atom stereocenters. The van der Waals surface area contributed by atoms with E-state index in [0.29, 0.717) is 17.5 Å². The van der Waals surface area contributed by atoms with Crippen LogP contribution >= 0.6 is 0 Å². The molecule has 1 aliphatic carbocycles. The number of anilines is 1. The van der Waals surface area contributed by atoms with Crippen LogP contribution in [0.15, 0.2) is 6.20 Å². The summed E-state index contributed by atoms with van der Waals surface area (Å²) < 4.78 is 2.02. The molecule has 0 aliphatic heterocycles. The molecule has 2 aromatic heterocycles. The van der Waals surface area contributed by atoms with E-state index in [9.17, 15) is 4.79 Å². The molecule has 21 heavy (non-hydrogen) atoms. The van der Waals surface area contributed by atoms with E-state index in [1.165, 1.54) is 39.0 Å². The third kappa shape index (κ3) is 3.04. The second kappa shape index (κ2) is 5.79. The smallest absolute Gasteiger partial charge is 0.223 e. The Hall–Kier alpha value is -1.98. The molecule has 0 bridgehead atoms. The van der Waals surface area contributed by atoms with Gasteiger partial charge >= 0.3 is 0 Å². The van der Waals surface area contributed by atoms with Gasteiger partial charge in [-0.05, 0) is 25.7 Å². The summed E-state index contributed by atoms with van der Waals surface area (Å²) in [6, 6.07) is 0. The molecule has 6 heteroatoms. The lowest BCUT2D eigenvalue weighted by Gasteiger charge is -2.22. The van der Waals surface area contributed by atoms with Gasteiger partial charge in [0.05, 0.1) is 11.9 Å². The van der Waals surface area contributed by atoms with Crippen LogP contribution < -0.4 is 5.32 Å². The number of amides is 1. The number of hydrogen-bond donors (Lipinski definition) is 1. The van der Waals surface area contributed by atoms with Gasteiger partial charge in [-0.15, -0.1) is 0 Å². The van der Waals surface area contributed by atoms with Crippen molar-refractivity contribution in [1.82, 2.24) is 19.5 Å². The minimum absolute atomic E-state index is 0.119. The highest BCUT2D eigenvalue weighted by Gasteiger charge is 2.20. The standard InChI is InChI=1S/C15H21N5O/c1-10-8-16-13-14(17-10)20(15(19-13)18-11(2)21)9-12-6-4-3-5-7-12/h8,12H,3-7,9H2,1-2H3,(H,16,18,19,21). The third-order valence-corrected chi connectivity index (χ3v) is 4.03. The van der Waals surface area contributed by atoms with E-state index in [1.54, 1.807) is 6.20 Å². The minimum Gasteiger partial charge on any atom is -0.296 e. The first-order chi connectivity index (χ1) is 10.1. The molecule has 2 aromatic rings. The maximum absolute atomic E-state index is 11.4. The van der Waals surface area contributed by atoms with E-state index in [-0.39, 0.29) is 5.91 Å². The van der Waals surface area contributed by atoms with E-state index in [2.05, 4.69) is 20.3 Å². The van der Waals surface area contributed by atoms with Crippen molar-refractivity contribution in [2.45, 2.75) is 52.5 Å². The summed E-state index contributed by atoms with van der Waals surface area (Å²) in [4.78, 5) is 24.7. The predicted molar refractivity (Wildman–Crippen MR) is 80.9 cm³/mol. The molecule has 1 aliphatic rings. The van der Waals surface area contributed by atoms with Crippen molar-refractivity contribution in [2.75, 3.05) is 5.32 Å². The highest BCUT2D eigenvalue weighted by Crippen LogP contribution is 2.27. The molecular weight excluding hydrogens is 266 g/mol. The average molecular weight is 287 g/mol. The molecule has 0 unspecified atom stereocenters. The summed E-state index contributed by atoms with van der Waals surface area (Å²) in [7, 11) is 0. The maximum Gasteiger partial charge on any atom is 0.223 e. The summed E-state index contributed by atoms with van der Waals surface area (Å²) in [6.45, 7) is 4.27. The molecule has 3 rings (SSSR count). The molecule has 0 aromatic carbocycles. The zero-order valence-corrected chi connectivity index (χ0v) is 12.6. The zero-order valence-electron chi connectivity index (χ0n) is 12.6. The molecule has 0 radical (unpaired) electrons. The quantitative estimate of drug-likeness (QED) is 0.942. The van der Waals surface area contributed by atoms with Crippen molar-refractivity contribution in [3.8, 4) is 0 Å². The lowest BCUT2D eigenvalue weighted by molar-refractivity contribution is -0.114. The second-order valence-corrected chi connectivity index (χ2v) is 5.89. The zero-order chi connectivity index (χ0) is 14.8. The molecular formula is C15H21N5O. The monoisotopic (exact) mass is 287 g/mol. The van der Waals surface area contributed by atoms with Gasteiger partial charge < -0.3 is 0 Å². The second-order valence-electron chi connectivity index (χ2n) is 5.89. The van der Waals surface area contributed by atoms with Gasteiger partial charge in [0, 0.05) is 13.5 Å². The summed E-state index contributed by atoms with van der Waals surface area (Å²) in [5.74, 6) is 1.08. The largest absolute Gasteiger partial charge is 0.296 e. The first-order valence-corrected chi connectivity index (χ1v) is 7.61. The Balaban J connectivity index is 1.98. The van der Waals surface area contributed by atoms with Gasteiger partial charge in [-0.1, -0.05) is 19.3 Å². The number of rotatable bonds is 3. The molecule has 1 amide bonds. The SMILES string of the molecule is CC(=O)Nc1nc2ncc(C)nc2n1CC1CCCCC1. The minimum atomic E-state index is -0.119. The van der Waals surface area contributed by atoms with Crippen LogP contribution in [0.5, 0.6) is 0 Å². The van der Waals surface area contributed by atoms with E-state index < -0.39 is 0 Å². The van der Waals surface area contributed by atoms with E-state index >= 15 is 0 Å². The Morgan fingerprint density at radius 1 is 1.33 bits per heavy atom. The third-order valence-electron chi connectivity index (χ3n) is 4.03. The maximum atomic E-state index is 11.4. The Kier molecular flexibility index (Phi) is 3.86. The Labute approximate surface area is 124 Å². The number of aromatic nitrogens is 4. The fourth-order valence-corrected chi connectivity index (χ4v) is 3.03. The molecule has 0 saturated heterocycles. The van der Waals surface area contributed by atoms with E-state index in [1.807, 2.05) is 11.5 Å². The fraction of sp³-hybridized carbons (Fsp3) is 0.600. The summed E-state index contributed by atoms with van der Waals surface area (Å²) in [5, 5.41) is 2.80. The van der Waals surface area contributed by atoms with Crippen LogP contribution in [0.4, 0.5) is 5.95 Å². The van der Waals surface area contributed by atoms with E-state index in [0.717, 1.165) is 17.9 Å². The van der Waals surface area contributed by atoms with Crippen LogP contribution in [0.3, 0.4) is 0 Å². The van der Waals surface area contributed by atoms with Crippen molar-refractivity contribution in [1.29, 1.82) is 0 Å². The fourth-order valence-electron chi connectivity index (χ4n) is 3.03. The van der Waals surface area contributed by atoms with Crippen molar-refractivity contribution in [3.63, 3.8) is 0 Å². The number of fused-ring (bicyclic) bond motifs is 1. The Bertz CT molecular complexity index is 657. The van der Waals surface area contributed by atoms with Crippen molar-refractivity contribution in [3.05, 3.63) is 11.9 Å². The summed E-state index contributed by atoms with van der Waals surface area (Å²) in [6.07, 6.45) is 8.09. The van der Waals surface area contributed by atoms with Gasteiger partial charge in [-0.25, -0.2) is 9.97 Å². The topological polar surface area (TPSA) is 72.7 Å². The van der Waals surface area contributed by atoms with Crippen LogP contribution in [0.2, 0.25) is 0 Å². The van der Waals surface area contributed by atoms with Crippen molar-refractivity contribution >= 4 is 23.1 Å². The summed E-state index contributed by atoms with van der Waals surface area (Å²) >= 11 is 0. The van der Waals surface area contributed by atoms with Gasteiger partial charge in [-0.2, -0.15) is 4.98 Å². The molecule has 1 fully saturated rings. The van der Waals surface area contributed by atoms with Crippen molar-refractivity contribution in [2.24, 2.45) is 5.92 Å². The first-order valence-electron chi connectivity index (χ1n) is 7.61. The Morgan fingerprint density at radius 3 is 2.81 bits per heavy atom. The number of hydrogen-bond acceptors (Lipinski definition) is 4. The van der Waals surface area contributed by atoms with Gasteiger partial charge in [0.1, 0.15) is 0 Å². The average Bonchev–Trinajstić information content (AvgIpc) is 2.77. The molecule has 2 heterocycles. The van der Waals surface area contributed by atoms with Crippen LogP contribution in [0, 0.1) is 12.8 Å². The van der Waals surface area contributed by atoms with Crippen LogP contribution in [-0.4, -0.2) is 25.4 Å². The molecule has 1 N–H and O–H groups in total. The van der Waals surface area contributed by atoms with Crippen LogP contribution in [-0.2, 0) is 11.3 Å². The van der Waals surface area contributed by atoms with E-state index in [4.69, 9.17) is 0 Å². The van der Waals surface area contributed by atoms with Crippen LogP contribution in [0.1, 0.15) is 44.7 Å². The molecule has 1 saturated carbocycles. The number of carbonyl (C=O) groups excluding carboxylic acids is 1. The van der Waals surface area contributed by atoms with Gasteiger partial charge in [0.15, 0.2) is 11.3 Å². The van der Waals surface area contributed by atoms with Crippen molar-refractivity contribution < 1.29 is 4.79 Å². The van der Waals surface area contributed by atoms with Gasteiger partial charge in [0.25, 0.3) is 0 Å². The number of carbonyl (C=O) groups is 1. The summed E-state index contributed by atoms with van der Waals surface area (Å²) in [5.41, 5.74) is 2.23. The molecule has 112 valence electrons. The normalized spacial score (nSPS) is 16.3. The van der Waals surface area contributed by atoms with Gasteiger partial charge in [-0.3, -0.25) is 14.7 Å². The highest BCUT2D eigenvalue weighted by atomic mass is 16.1. The number of nitrogens with one attached hydrogen (secondary N) is 1. The lowest BCUT2D eigenvalue weighted by Crippen LogP contribution is -2.18. The first kappa shape index (κ1) is 14.0.